The Hall–Kier alpha value is -2.55. The van der Waals surface area contributed by atoms with Crippen LogP contribution in [0.4, 0.5) is 15.9 Å². The number of carbonyl (C=O) groups excluding carboxylic acids is 1. The maximum atomic E-state index is 14.7. The van der Waals surface area contributed by atoms with E-state index >= 15 is 0 Å². The Bertz CT molecular complexity index is 940. The van der Waals surface area contributed by atoms with Crippen molar-refractivity contribution in [2.75, 3.05) is 36.9 Å². The number of hydrogen-bond donors (Lipinski definition) is 1. The fourth-order valence-corrected chi connectivity index (χ4v) is 3.36. The van der Waals surface area contributed by atoms with Crippen molar-refractivity contribution in [1.29, 1.82) is 0 Å². The second-order valence-electron chi connectivity index (χ2n) is 6.32. The molecule has 2 aromatic heterocycles. The standard InChI is InChI=1S/C15H17FN6O2/c1-7-10(16)11-9-12(17-7)21(3)15(24)19-13(9)22-5-4-20(2)6-8(22)14(23)18-11/h8H,4-6H2,1-3H3,(H,18,23). The lowest BCUT2D eigenvalue weighted by molar-refractivity contribution is -0.118. The summed E-state index contributed by atoms with van der Waals surface area (Å²) < 4.78 is 15.9. The molecule has 126 valence electrons. The zero-order valence-corrected chi connectivity index (χ0v) is 13.6. The van der Waals surface area contributed by atoms with E-state index in [0.29, 0.717) is 29.9 Å². The molecule has 0 bridgehead atoms. The fraction of sp³-hybridized carbons (Fsp3) is 0.467. The highest BCUT2D eigenvalue weighted by Crippen LogP contribution is 2.36. The van der Waals surface area contributed by atoms with Gasteiger partial charge < -0.3 is 15.1 Å². The van der Waals surface area contributed by atoms with Crippen molar-refractivity contribution in [2.45, 2.75) is 13.0 Å². The molecule has 1 unspecified atom stereocenters. The van der Waals surface area contributed by atoms with Crippen LogP contribution in [0.5, 0.6) is 0 Å². The minimum Gasteiger partial charge on any atom is -0.341 e. The number of fused-ring (bicyclic) bond motifs is 2. The topological polar surface area (TPSA) is 83.4 Å². The van der Waals surface area contributed by atoms with Gasteiger partial charge in [-0.25, -0.2) is 14.2 Å². The largest absolute Gasteiger partial charge is 0.350 e. The summed E-state index contributed by atoms with van der Waals surface area (Å²) in [5, 5.41) is 3.06. The zero-order valence-electron chi connectivity index (χ0n) is 13.6. The van der Waals surface area contributed by atoms with Crippen molar-refractivity contribution in [2.24, 2.45) is 7.05 Å². The zero-order chi connectivity index (χ0) is 17.2. The molecule has 0 saturated carbocycles. The van der Waals surface area contributed by atoms with Crippen LogP contribution in [-0.4, -0.2) is 58.1 Å². The number of pyridine rings is 1. The predicted octanol–water partition coefficient (Wildman–Crippen LogP) is -0.151. The summed E-state index contributed by atoms with van der Waals surface area (Å²) >= 11 is 0. The number of halogens is 1. The van der Waals surface area contributed by atoms with Crippen molar-refractivity contribution < 1.29 is 9.18 Å². The van der Waals surface area contributed by atoms with Gasteiger partial charge in [-0.1, -0.05) is 0 Å². The number of amides is 1. The van der Waals surface area contributed by atoms with Crippen LogP contribution in [0.3, 0.4) is 0 Å². The molecule has 0 aliphatic carbocycles. The van der Waals surface area contributed by atoms with Crippen LogP contribution in [0.2, 0.25) is 0 Å². The van der Waals surface area contributed by atoms with Gasteiger partial charge in [-0.3, -0.25) is 9.36 Å². The third kappa shape index (κ3) is 1.94. The molecule has 2 aliphatic heterocycles. The lowest BCUT2D eigenvalue weighted by atomic mass is 10.1. The van der Waals surface area contributed by atoms with E-state index in [4.69, 9.17) is 0 Å². The number of nitrogens with one attached hydrogen (secondary N) is 1. The smallest absolute Gasteiger partial charge is 0.341 e. The Morgan fingerprint density at radius 3 is 2.71 bits per heavy atom. The number of carbonyl (C=O) groups is 1. The van der Waals surface area contributed by atoms with Crippen LogP contribution in [0, 0.1) is 12.7 Å². The first-order valence-corrected chi connectivity index (χ1v) is 7.71. The van der Waals surface area contributed by atoms with Gasteiger partial charge in [-0.2, -0.15) is 4.98 Å². The first-order valence-electron chi connectivity index (χ1n) is 7.71. The SMILES string of the molecule is Cc1nc2c3c(nc(=O)n2C)N2CCN(C)CC2C(=O)Nc3c1F. The Morgan fingerprint density at radius 1 is 1.21 bits per heavy atom. The molecule has 24 heavy (non-hydrogen) atoms. The van der Waals surface area contributed by atoms with Gasteiger partial charge in [0.25, 0.3) is 0 Å². The molecule has 0 spiro atoms. The van der Waals surface area contributed by atoms with Crippen LogP contribution in [-0.2, 0) is 11.8 Å². The Kier molecular flexibility index (Phi) is 3.11. The molecule has 1 atom stereocenters. The third-order valence-electron chi connectivity index (χ3n) is 4.72. The van der Waals surface area contributed by atoms with Gasteiger partial charge in [0.2, 0.25) is 5.91 Å². The number of rotatable bonds is 0. The van der Waals surface area contributed by atoms with Gasteiger partial charge in [0, 0.05) is 26.7 Å². The number of likely N-dealkylation sites (N-methyl/N-ethyl adjacent to an activating group) is 1. The first-order chi connectivity index (χ1) is 11.4. The van der Waals surface area contributed by atoms with E-state index in [0.717, 1.165) is 6.54 Å². The highest BCUT2D eigenvalue weighted by Gasteiger charge is 2.38. The maximum absolute atomic E-state index is 14.7. The minimum absolute atomic E-state index is 0.0534. The van der Waals surface area contributed by atoms with E-state index in [1.807, 2.05) is 11.9 Å². The van der Waals surface area contributed by atoms with E-state index in [9.17, 15) is 14.0 Å². The number of anilines is 2. The first kappa shape index (κ1) is 15.0. The molecular weight excluding hydrogens is 315 g/mol. The van der Waals surface area contributed by atoms with Crippen LogP contribution in [0.25, 0.3) is 11.0 Å². The molecule has 2 aromatic rings. The molecule has 1 saturated heterocycles. The molecule has 1 amide bonds. The maximum Gasteiger partial charge on any atom is 0.350 e. The van der Waals surface area contributed by atoms with Crippen LogP contribution >= 0.6 is 0 Å². The Balaban J connectivity index is 2.10. The molecule has 8 nitrogen and oxygen atoms in total. The van der Waals surface area contributed by atoms with Gasteiger partial charge in [0.05, 0.1) is 16.8 Å². The number of hydrogen-bond acceptors (Lipinski definition) is 6. The number of aryl methyl sites for hydroxylation is 2. The lowest BCUT2D eigenvalue weighted by Crippen LogP contribution is -2.56. The van der Waals surface area contributed by atoms with Crippen molar-refractivity contribution in [1.82, 2.24) is 19.4 Å². The average Bonchev–Trinajstić information content (AvgIpc) is 2.66. The van der Waals surface area contributed by atoms with Gasteiger partial charge in [0.1, 0.15) is 17.5 Å². The van der Waals surface area contributed by atoms with E-state index in [1.54, 1.807) is 4.90 Å². The third-order valence-corrected chi connectivity index (χ3v) is 4.72. The summed E-state index contributed by atoms with van der Waals surface area (Å²) in [7, 11) is 3.46. The molecule has 0 radical (unpaired) electrons. The second-order valence-corrected chi connectivity index (χ2v) is 6.32. The summed E-state index contributed by atoms with van der Waals surface area (Å²) in [6, 6.07) is -0.529. The number of aromatic nitrogens is 3. The van der Waals surface area contributed by atoms with Crippen LogP contribution in [0.15, 0.2) is 4.79 Å². The van der Waals surface area contributed by atoms with E-state index in [-0.39, 0.29) is 17.3 Å². The van der Waals surface area contributed by atoms with Crippen molar-refractivity contribution in [3.63, 3.8) is 0 Å². The van der Waals surface area contributed by atoms with Crippen LogP contribution in [0.1, 0.15) is 5.69 Å². The molecule has 1 fully saturated rings. The highest BCUT2D eigenvalue weighted by molar-refractivity contribution is 6.10. The monoisotopic (exact) mass is 332 g/mol. The Labute approximate surface area is 136 Å². The minimum atomic E-state index is -0.592. The summed E-state index contributed by atoms with van der Waals surface area (Å²) in [5.74, 6) is -0.572. The predicted molar refractivity (Wildman–Crippen MR) is 86.7 cm³/mol. The lowest BCUT2D eigenvalue weighted by Gasteiger charge is -2.38. The Morgan fingerprint density at radius 2 is 1.96 bits per heavy atom. The fourth-order valence-electron chi connectivity index (χ4n) is 3.36. The molecular formula is C15H17FN6O2. The molecule has 9 heteroatoms. The quantitative estimate of drug-likeness (QED) is 0.722. The number of piperazine rings is 1. The summed E-state index contributed by atoms with van der Waals surface area (Å²) in [4.78, 5) is 37.1. The second kappa shape index (κ2) is 4.97. The molecule has 2 aliphatic rings. The summed E-state index contributed by atoms with van der Waals surface area (Å²) in [5.41, 5.74) is 0.0207. The van der Waals surface area contributed by atoms with E-state index < -0.39 is 17.5 Å². The van der Waals surface area contributed by atoms with Crippen LogP contribution < -0.4 is 15.9 Å². The number of nitrogens with zero attached hydrogens (tertiary/aromatic N) is 5. The molecule has 4 heterocycles. The van der Waals surface area contributed by atoms with E-state index in [1.165, 1.54) is 18.5 Å². The average molecular weight is 332 g/mol. The van der Waals surface area contributed by atoms with Gasteiger partial charge in [-0.05, 0) is 14.0 Å². The highest BCUT2D eigenvalue weighted by atomic mass is 19.1. The summed E-state index contributed by atoms with van der Waals surface area (Å²) in [6.07, 6.45) is 0. The van der Waals surface area contributed by atoms with Gasteiger partial charge in [0.15, 0.2) is 5.82 Å². The van der Waals surface area contributed by atoms with Crippen molar-refractivity contribution in [3.8, 4) is 0 Å². The summed E-state index contributed by atoms with van der Waals surface area (Å²) in [6.45, 7) is 3.23. The molecule has 0 aromatic carbocycles. The normalized spacial score (nSPS) is 20.8. The molecule has 4 rings (SSSR count). The van der Waals surface area contributed by atoms with Crippen molar-refractivity contribution in [3.05, 3.63) is 22.0 Å². The van der Waals surface area contributed by atoms with Crippen molar-refractivity contribution >= 4 is 28.4 Å². The van der Waals surface area contributed by atoms with E-state index in [2.05, 4.69) is 15.3 Å². The molecule has 1 N–H and O–H groups in total. The van der Waals surface area contributed by atoms with Gasteiger partial charge in [-0.15, -0.1) is 0 Å². The van der Waals surface area contributed by atoms with Gasteiger partial charge >= 0.3 is 5.69 Å².